The summed E-state index contributed by atoms with van der Waals surface area (Å²) in [6.07, 6.45) is 7.22. The summed E-state index contributed by atoms with van der Waals surface area (Å²) < 4.78 is 10.8. The Balaban J connectivity index is 2.17. The number of nitrogens with zero attached hydrogens (tertiary/aromatic N) is 1. The topological polar surface area (TPSA) is 59.8 Å². The average molecular weight is 291 g/mol. The number of hydrazine groups is 1. The molecule has 0 heterocycles. The number of hydrogen-bond donors (Lipinski definition) is 2. The minimum atomic E-state index is -0.0564. The van der Waals surface area contributed by atoms with Gasteiger partial charge in [0.25, 0.3) is 0 Å². The van der Waals surface area contributed by atoms with Crippen LogP contribution in [-0.4, -0.2) is 38.4 Å². The van der Waals surface area contributed by atoms with E-state index in [2.05, 4.69) is 5.32 Å². The summed E-state index contributed by atoms with van der Waals surface area (Å²) in [6.45, 7) is 0.654. The quantitative estimate of drug-likeness (QED) is 0.597. The maximum Gasteiger partial charge on any atom is 0.149 e. The summed E-state index contributed by atoms with van der Waals surface area (Å²) in [6, 6.07) is 5.98. The van der Waals surface area contributed by atoms with Crippen LogP contribution in [0.15, 0.2) is 24.4 Å². The fourth-order valence-corrected chi connectivity index (χ4v) is 2.76. The van der Waals surface area contributed by atoms with Crippen molar-refractivity contribution in [3.05, 3.63) is 30.0 Å². The molecule has 0 aliphatic heterocycles. The Morgan fingerprint density at radius 3 is 2.67 bits per heavy atom. The van der Waals surface area contributed by atoms with Crippen molar-refractivity contribution in [3.63, 3.8) is 0 Å². The lowest BCUT2D eigenvalue weighted by molar-refractivity contribution is -0.0168. The number of anilines is 1. The molecule has 1 aliphatic rings. The van der Waals surface area contributed by atoms with Gasteiger partial charge in [0, 0.05) is 25.9 Å². The van der Waals surface area contributed by atoms with E-state index in [9.17, 15) is 0 Å². The standard InChI is InChI=1S/C16H25N3O2/c1-18-14-7-4-6-13(15(14)21-3)8-11-19(17)16(12-20-2)9-5-10-16/h4,6-8,11,18H,5,9-10,12,17H2,1-3H3/b11-8+. The first-order valence-electron chi connectivity index (χ1n) is 7.23. The Bertz CT molecular complexity index is 498. The van der Waals surface area contributed by atoms with Crippen LogP contribution in [0.5, 0.6) is 5.75 Å². The van der Waals surface area contributed by atoms with E-state index >= 15 is 0 Å². The van der Waals surface area contributed by atoms with Crippen LogP contribution in [0, 0.1) is 0 Å². The Kier molecular flexibility index (Phi) is 5.09. The fourth-order valence-electron chi connectivity index (χ4n) is 2.76. The van der Waals surface area contributed by atoms with Gasteiger partial charge in [-0.2, -0.15) is 0 Å². The van der Waals surface area contributed by atoms with E-state index in [1.807, 2.05) is 37.5 Å². The monoisotopic (exact) mass is 291 g/mol. The molecule has 3 N–H and O–H groups in total. The van der Waals surface area contributed by atoms with Gasteiger partial charge >= 0.3 is 0 Å². The minimum absolute atomic E-state index is 0.0564. The highest BCUT2D eigenvalue weighted by Crippen LogP contribution is 2.37. The Morgan fingerprint density at radius 1 is 1.38 bits per heavy atom. The molecule has 0 atom stereocenters. The van der Waals surface area contributed by atoms with Gasteiger partial charge in [-0.3, -0.25) is 0 Å². The molecule has 1 fully saturated rings. The number of hydrogen-bond acceptors (Lipinski definition) is 5. The zero-order chi connectivity index (χ0) is 15.3. The molecule has 0 spiro atoms. The molecule has 1 aromatic carbocycles. The van der Waals surface area contributed by atoms with Gasteiger partial charge < -0.3 is 19.8 Å². The molecule has 0 aromatic heterocycles. The van der Waals surface area contributed by atoms with Gasteiger partial charge in [-0.1, -0.05) is 12.1 Å². The molecular weight excluding hydrogens is 266 g/mol. The van der Waals surface area contributed by atoms with Crippen molar-refractivity contribution in [3.8, 4) is 5.75 Å². The third-order valence-corrected chi connectivity index (χ3v) is 4.18. The number of rotatable bonds is 7. The molecule has 2 rings (SSSR count). The first-order valence-corrected chi connectivity index (χ1v) is 7.23. The zero-order valence-corrected chi connectivity index (χ0v) is 13.1. The minimum Gasteiger partial charge on any atom is -0.494 e. The van der Waals surface area contributed by atoms with Crippen molar-refractivity contribution in [1.29, 1.82) is 0 Å². The van der Waals surface area contributed by atoms with Crippen LogP contribution in [0.1, 0.15) is 24.8 Å². The predicted molar refractivity (Wildman–Crippen MR) is 86.1 cm³/mol. The van der Waals surface area contributed by atoms with E-state index in [-0.39, 0.29) is 5.54 Å². The zero-order valence-electron chi connectivity index (χ0n) is 13.1. The maximum absolute atomic E-state index is 6.22. The van der Waals surface area contributed by atoms with Crippen LogP contribution < -0.4 is 15.9 Å². The molecule has 1 aromatic rings. The van der Waals surface area contributed by atoms with E-state index in [1.165, 1.54) is 6.42 Å². The Hall–Kier alpha value is -1.72. The molecule has 0 bridgehead atoms. The lowest BCUT2D eigenvalue weighted by Crippen LogP contribution is -2.57. The van der Waals surface area contributed by atoms with Crippen molar-refractivity contribution < 1.29 is 9.47 Å². The number of ether oxygens (including phenoxy) is 2. The normalized spacial score (nSPS) is 16.6. The lowest BCUT2D eigenvalue weighted by Gasteiger charge is -2.47. The van der Waals surface area contributed by atoms with Crippen molar-refractivity contribution in [2.24, 2.45) is 5.84 Å². The summed E-state index contributed by atoms with van der Waals surface area (Å²) >= 11 is 0. The number of nitrogens with one attached hydrogen (secondary N) is 1. The largest absolute Gasteiger partial charge is 0.494 e. The van der Waals surface area contributed by atoms with E-state index in [0.29, 0.717) is 6.61 Å². The summed E-state index contributed by atoms with van der Waals surface area (Å²) in [5.74, 6) is 7.04. The molecule has 1 saturated carbocycles. The number of benzene rings is 1. The van der Waals surface area contributed by atoms with Crippen LogP contribution in [-0.2, 0) is 4.74 Å². The van der Waals surface area contributed by atoms with Crippen molar-refractivity contribution in [2.75, 3.05) is 33.2 Å². The van der Waals surface area contributed by atoms with E-state index < -0.39 is 0 Å². The Labute approximate surface area is 126 Å². The first kappa shape index (κ1) is 15.7. The second-order valence-electron chi connectivity index (χ2n) is 5.41. The van der Waals surface area contributed by atoms with Crippen LogP contribution in [0.4, 0.5) is 5.69 Å². The molecule has 1 aliphatic carbocycles. The highest BCUT2D eigenvalue weighted by Gasteiger charge is 2.40. The summed E-state index contributed by atoms with van der Waals surface area (Å²) in [5, 5.41) is 4.91. The SMILES string of the molecule is CNc1cccc(/C=C/N(N)C2(COC)CCC2)c1OC. The first-order chi connectivity index (χ1) is 10.2. The van der Waals surface area contributed by atoms with Crippen LogP contribution in [0.2, 0.25) is 0 Å². The third kappa shape index (κ3) is 3.14. The molecule has 0 radical (unpaired) electrons. The molecule has 0 amide bonds. The molecule has 5 heteroatoms. The van der Waals surface area contributed by atoms with Crippen LogP contribution in [0.25, 0.3) is 6.08 Å². The van der Waals surface area contributed by atoms with Gasteiger partial charge in [0.1, 0.15) is 5.75 Å². The highest BCUT2D eigenvalue weighted by molar-refractivity contribution is 5.69. The molecule has 0 saturated heterocycles. The number of nitrogens with two attached hydrogens (primary N) is 1. The van der Waals surface area contributed by atoms with Gasteiger partial charge in [0.2, 0.25) is 0 Å². The van der Waals surface area contributed by atoms with Crippen LogP contribution >= 0.6 is 0 Å². The lowest BCUT2D eigenvalue weighted by atomic mass is 9.77. The van der Waals surface area contributed by atoms with Gasteiger partial charge in [0.05, 0.1) is 24.9 Å². The summed E-state index contributed by atoms with van der Waals surface area (Å²) in [5.41, 5.74) is 1.89. The predicted octanol–water partition coefficient (Wildman–Crippen LogP) is 2.45. The third-order valence-electron chi connectivity index (χ3n) is 4.18. The molecular formula is C16H25N3O2. The number of para-hydroxylation sites is 1. The van der Waals surface area contributed by atoms with Crippen LogP contribution in [0.3, 0.4) is 0 Å². The van der Waals surface area contributed by atoms with Gasteiger partial charge in [-0.15, -0.1) is 0 Å². The Morgan fingerprint density at radius 2 is 2.14 bits per heavy atom. The molecule has 0 unspecified atom stereocenters. The second kappa shape index (κ2) is 6.83. The van der Waals surface area contributed by atoms with Crippen molar-refractivity contribution >= 4 is 11.8 Å². The molecule has 21 heavy (non-hydrogen) atoms. The van der Waals surface area contributed by atoms with E-state index in [1.54, 1.807) is 19.2 Å². The fraction of sp³-hybridized carbons (Fsp3) is 0.500. The van der Waals surface area contributed by atoms with Crippen molar-refractivity contribution in [2.45, 2.75) is 24.8 Å². The highest BCUT2D eigenvalue weighted by atomic mass is 16.5. The van der Waals surface area contributed by atoms with Crippen molar-refractivity contribution in [1.82, 2.24) is 5.01 Å². The number of methoxy groups -OCH3 is 2. The van der Waals surface area contributed by atoms with Gasteiger partial charge in [-0.25, -0.2) is 5.84 Å². The van der Waals surface area contributed by atoms with E-state index in [4.69, 9.17) is 15.3 Å². The summed E-state index contributed by atoms with van der Waals surface area (Å²) in [7, 11) is 5.27. The maximum atomic E-state index is 6.22. The average Bonchev–Trinajstić information content (AvgIpc) is 2.47. The summed E-state index contributed by atoms with van der Waals surface area (Å²) in [4.78, 5) is 0. The van der Waals surface area contributed by atoms with E-state index in [0.717, 1.165) is 29.8 Å². The smallest absolute Gasteiger partial charge is 0.149 e. The molecule has 5 nitrogen and oxygen atoms in total. The molecule has 116 valence electrons. The van der Waals surface area contributed by atoms with Gasteiger partial charge in [0.15, 0.2) is 0 Å². The van der Waals surface area contributed by atoms with Gasteiger partial charge in [-0.05, 0) is 31.4 Å². The second-order valence-corrected chi connectivity index (χ2v) is 5.41.